The maximum absolute atomic E-state index is 13.5. The molecule has 4 nitrogen and oxygen atoms in total. The fourth-order valence-corrected chi connectivity index (χ4v) is 3.29. The summed E-state index contributed by atoms with van der Waals surface area (Å²) in [6.07, 6.45) is 0.102. The second-order valence-electron chi connectivity index (χ2n) is 6.05. The van der Waals surface area contributed by atoms with Crippen LogP contribution in [0.25, 0.3) is 0 Å². The molecule has 3 unspecified atom stereocenters. The molecule has 0 amide bonds. The van der Waals surface area contributed by atoms with Gasteiger partial charge in [-0.3, -0.25) is 0 Å². The summed E-state index contributed by atoms with van der Waals surface area (Å²) in [4.78, 5) is 4.39. The van der Waals surface area contributed by atoms with E-state index in [0.717, 1.165) is 18.2 Å². The van der Waals surface area contributed by atoms with Gasteiger partial charge in [-0.15, -0.1) is 0 Å². The first kappa shape index (κ1) is 15.7. The number of aliphatic imine (C=N–C) groups is 1. The number of rotatable bonds is 3. The molecule has 1 aromatic rings. The molecule has 0 saturated heterocycles. The SMILES string of the molecule is COC1C(C)C(N=C(N)Nc2cc(F)ccc2F)C1(C)C. The summed E-state index contributed by atoms with van der Waals surface area (Å²) in [5.41, 5.74) is 5.64. The van der Waals surface area contributed by atoms with Gasteiger partial charge in [0.25, 0.3) is 0 Å². The molecule has 0 heterocycles. The zero-order valence-electron chi connectivity index (χ0n) is 12.7. The van der Waals surface area contributed by atoms with Crippen molar-refractivity contribution in [2.45, 2.75) is 32.9 Å². The highest BCUT2D eigenvalue weighted by atomic mass is 19.1. The normalized spacial score (nSPS) is 28.1. The first-order valence-electron chi connectivity index (χ1n) is 6.85. The van der Waals surface area contributed by atoms with E-state index in [-0.39, 0.29) is 35.1 Å². The smallest absolute Gasteiger partial charge is 0.193 e. The van der Waals surface area contributed by atoms with Crippen LogP contribution in [0.5, 0.6) is 0 Å². The van der Waals surface area contributed by atoms with Gasteiger partial charge in [0, 0.05) is 24.5 Å². The van der Waals surface area contributed by atoms with Gasteiger partial charge in [-0.25, -0.2) is 13.8 Å². The molecule has 1 aliphatic rings. The molecular formula is C15H21F2N3O. The summed E-state index contributed by atoms with van der Waals surface area (Å²) in [5.74, 6) is -0.838. The minimum absolute atomic E-state index is 0.0238. The molecule has 3 atom stereocenters. The third kappa shape index (κ3) is 2.85. The molecule has 1 aliphatic carbocycles. The Morgan fingerprint density at radius 1 is 1.38 bits per heavy atom. The summed E-state index contributed by atoms with van der Waals surface area (Å²) >= 11 is 0. The fraction of sp³-hybridized carbons (Fsp3) is 0.533. The van der Waals surface area contributed by atoms with E-state index in [1.165, 1.54) is 0 Å². The predicted octanol–water partition coefficient (Wildman–Crippen LogP) is 2.75. The van der Waals surface area contributed by atoms with Gasteiger partial charge in [0.15, 0.2) is 5.96 Å². The van der Waals surface area contributed by atoms with E-state index in [4.69, 9.17) is 10.5 Å². The summed E-state index contributed by atoms with van der Waals surface area (Å²) in [5, 5.41) is 2.61. The number of ether oxygens (including phenoxy) is 1. The van der Waals surface area contributed by atoms with Crippen LogP contribution in [0.2, 0.25) is 0 Å². The number of guanidine groups is 1. The molecule has 3 N–H and O–H groups in total. The van der Waals surface area contributed by atoms with Crippen LogP contribution in [-0.4, -0.2) is 25.2 Å². The number of anilines is 1. The Hall–Kier alpha value is -1.69. The van der Waals surface area contributed by atoms with E-state index in [2.05, 4.69) is 10.3 Å². The lowest BCUT2D eigenvalue weighted by Crippen LogP contribution is -2.61. The Labute approximate surface area is 123 Å². The molecule has 0 bridgehead atoms. The van der Waals surface area contributed by atoms with Gasteiger partial charge < -0.3 is 15.8 Å². The van der Waals surface area contributed by atoms with Crippen LogP contribution in [0.15, 0.2) is 23.2 Å². The van der Waals surface area contributed by atoms with Crippen LogP contribution in [0.1, 0.15) is 20.8 Å². The van der Waals surface area contributed by atoms with Gasteiger partial charge in [-0.05, 0) is 12.1 Å². The van der Waals surface area contributed by atoms with E-state index in [9.17, 15) is 8.78 Å². The number of nitrogens with two attached hydrogens (primary N) is 1. The van der Waals surface area contributed by atoms with Gasteiger partial charge in [0.05, 0.1) is 17.8 Å². The van der Waals surface area contributed by atoms with E-state index in [1.54, 1.807) is 7.11 Å². The Morgan fingerprint density at radius 2 is 2.05 bits per heavy atom. The zero-order valence-corrected chi connectivity index (χ0v) is 12.7. The van der Waals surface area contributed by atoms with Crippen LogP contribution in [0.3, 0.4) is 0 Å². The molecule has 21 heavy (non-hydrogen) atoms. The monoisotopic (exact) mass is 297 g/mol. The maximum Gasteiger partial charge on any atom is 0.193 e. The molecule has 0 radical (unpaired) electrons. The second kappa shape index (κ2) is 5.60. The first-order valence-corrected chi connectivity index (χ1v) is 6.85. The molecule has 116 valence electrons. The molecule has 1 saturated carbocycles. The van der Waals surface area contributed by atoms with Crippen molar-refractivity contribution >= 4 is 11.6 Å². The van der Waals surface area contributed by atoms with E-state index < -0.39 is 11.6 Å². The lowest BCUT2D eigenvalue weighted by molar-refractivity contribution is -0.132. The molecule has 1 aromatic carbocycles. The topological polar surface area (TPSA) is 59.6 Å². The zero-order chi connectivity index (χ0) is 15.8. The lowest BCUT2D eigenvalue weighted by atomic mass is 9.58. The molecule has 6 heteroatoms. The van der Waals surface area contributed by atoms with Gasteiger partial charge in [-0.1, -0.05) is 20.8 Å². The quantitative estimate of drug-likeness (QED) is 0.666. The minimum atomic E-state index is -0.578. The Bertz CT molecular complexity index is 560. The van der Waals surface area contributed by atoms with Crippen LogP contribution >= 0.6 is 0 Å². The third-order valence-electron chi connectivity index (χ3n) is 4.19. The van der Waals surface area contributed by atoms with E-state index in [1.807, 2.05) is 20.8 Å². The third-order valence-corrected chi connectivity index (χ3v) is 4.19. The fourth-order valence-electron chi connectivity index (χ4n) is 3.29. The molecule has 0 spiro atoms. The Balaban J connectivity index is 2.13. The number of methoxy groups -OCH3 is 1. The highest BCUT2D eigenvalue weighted by molar-refractivity contribution is 5.92. The first-order chi connectivity index (χ1) is 9.77. The van der Waals surface area contributed by atoms with E-state index >= 15 is 0 Å². The maximum atomic E-state index is 13.5. The summed E-state index contributed by atoms with van der Waals surface area (Å²) in [7, 11) is 1.67. The van der Waals surface area contributed by atoms with Gasteiger partial charge in [0.1, 0.15) is 11.6 Å². The van der Waals surface area contributed by atoms with Crippen LogP contribution in [-0.2, 0) is 4.74 Å². The molecular weight excluding hydrogens is 276 g/mol. The number of hydrogen-bond donors (Lipinski definition) is 2. The largest absolute Gasteiger partial charge is 0.380 e. The number of benzene rings is 1. The van der Waals surface area contributed by atoms with Crippen molar-refractivity contribution in [3.63, 3.8) is 0 Å². The van der Waals surface area contributed by atoms with Crippen molar-refractivity contribution in [1.29, 1.82) is 0 Å². The summed E-state index contributed by atoms with van der Waals surface area (Å²) < 4.78 is 32.1. The number of halogens is 2. The van der Waals surface area contributed by atoms with Crippen molar-refractivity contribution in [1.82, 2.24) is 0 Å². The van der Waals surface area contributed by atoms with Gasteiger partial charge in [0.2, 0.25) is 0 Å². The second-order valence-corrected chi connectivity index (χ2v) is 6.05. The molecule has 2 rings (SSSR count). The Morgan fingerprint density at radius 3 is 2.62 bits per heavy atom. The van der Waals surface area contributed by atoms with Crippen molar-refractivity contribution in [3.05, 3.63) is 29.8 Å². The molecule has 0 aliphatic heterocycles. The van der Waals surface area contributed by atoms with Crippen molar-refractivity contribution in [2.24, 2.45) is 22.1 Å². The minimum Gasteiger partial charge on any atom is -0.380 e. The molecule has 0 aromatic heterocycles. The Kier molecular flexibility index (Phi) is 4.18. The predicted molar refractivity (Wildman–Crippen MR) is 79.1 cm³/mol. The molecule has 1 fully saturated rings. The van der Waals surface area contributed by atoms with Gasteiger partial charge in [-0.2, -0.15) is 0 Å². The number of hydrogen-bond acceptors (Lipinski definition) is 2. The van der Waals surface area contributed by atoms with Crippen LogP contribution < -0.4 is 11.1 Å². The standard InChI is InChI=1S/C15H21F2N3O/c1-8-12(15(2,3)13(8)21-4)20-14(18)19-11-7-9(16)5-6-10(11)17/h5-8,12-13H,1-4H3,(H3,18,19,20). The van der Waals surface area contributed by atoms with Crippen LogP contribution in [0, 0.1) is 23.0 Å². The van der Waals surface area contributed by atoms with Crippen molar-refractivity contribution in [3.8, 4) is 0 Å². The average molecular weight is 297 g/mol. The van der Waals surface area contributed by atoms with E-state index in [0.29, 0.717) is 0 Å². The highest BCUT2D eigenvalue weighted by Gasteiger charge is 2.54. The average Bonchev–Trinajstić information content (AvgIpc) is 2.40. The number of nitrogens with zero attached hydrogens (tertiary/aromatic N) is 1. The summed E-state index contributed by atoms with van der Waals surface area (Å²) in [6, 6.07) is 3.10. The van der Waals surface area contributed by atoms with Crippen molar-refractivity contribution in [2.75, 3.05) is 12.4 Å². The number of nitrogens with one attached hydrogen (secondary N) is 1. The highest BCUT2D eigenvalue weighted by Crippen LogP contribution is 2.48. The van der Waals surface area contributed by atoms with Crippen LogP contribution in [0.4, 0.5) is 14.5 Å². The summed E-state index contributed by atoms with van der Waals surface area (Å²) in [6.45, 7) is 6.13. The van der Waals surface area contributed by atoms with Gasteiger partial charge >= 0.3 is 0 Å². The lowest BCUT2D eigenvalue weighted by Gasteiger charge is -2.54. The van der Waals surface area contributed by atoms with Crippen molar-refractivity contribution < 1.29 is 13.5 Å².